The second-order valence-corrected chi connectivity index (χ2v) is 11.2. The number of halogens is 2. The van der Waals surface area contributed by atoms with E-state index >= 15 is 4.39 Å². The number of nitrogens with zero attached hydrogens (tertiary/aromatic N) is 2. The average Bonchev–Trinajstić information content (AvgIpc) is 3.46. The molecule has 2 unspecified atom stereocenters. The summed E-state index contributed by atoms with van der Waals surface area (Å²) in [5.74, 6) is -0.495. The summed E-state index contributed by atoms with van der Waals surface area (Å²) in [4.78, 5) is 19.3. The number of rotatable bonds is 9. The molecule has 200 valence electrons. The molecule has 2 aliphatic heterocycles. The molecule has 0 bridgehead atoms. The zero-order valence-corrected chi connectivity index (χ0v) is 21.5. The van der Waals surface area contributed by atoms with E-state index in [-0.39, 0.29) is 30.8 Å². The van der Waals surface area contributed by atoms with Crippen LogP contribution in [0.2, 0.25) is 0 Å². The molecule has 1 saturated heterocycles. The van der Waals surface area contributed by atoms with Crippen LogP contribution in [0.5, 0.6) is 0 Å². The third-order valence-electron chi connectivity index (χ3n) is 8.52. The van der Waals surface area contributed by atoms with Gasteiger partial charge in [0.15, 0.2) is 5.58 Å². The van der Waals surface area contributed by atoms with Crippen LogP contribution in [0.15, 0.2) is 45.3 Å². The number of benzene rings is 1. The number of H-pyrrole nitrogens is 1. The highest BCUT2D eigenvalue weighted by molar-refractivity contribution is 5.78. The third kappa shape index (κ3) is 4.77. The molecule has 4 atom stereocenters. The predicted molar refractivity (Wildman–Crippen MR) is 138 cm³/mol. The number of aromatic nitrogens is 1. The molecule has 0 amide bonds. The molecule has 37 heavy (non-hydrogen) atoms. The topological polar surface area (TPSA) is 73.7 Å². The number of alkyl halides is 2. The minimum absolute atomic E-state index is 0.0371. The van der Waals surface area contributed by atoms with Crippen molar-refractivity contribution in [3.63, 3.8) is 0 Å². The van der Waals surface area contributed by atoms with E-state index in [0.29, 0.717) is 49.4 Å². The lowest BCUT2D eigenvalue weighted by atomic mass is 9.77. The summed E-state index contributed by atoms with van der Waals surface area (Å²) in [5, 5.41) is 3.60. The van der Waals surface area contributed by atoms with Crippen molar-refractivity contribution >= 4 is 11.1 Å². The van der Waals surface area contributed by atoms with Crippen LogP contribution in [0.1, 0.15) is 43.4 Å². The Kier molecular flexibility index (Phi) is 6.49. The van der Waals surface area contributed by atoms with Gasteiger partial charge in [-0.1, -0.05) is 12.1 Å². The lowest BCUT2D eigenvalue weighted by Crippen LogP contribution is -2.57. The molecule has 1 saturated carbocycles. The number of allylic oxidation sites excluding steroid dienone is 1. The molecular weight excluding hydrogens is 478 g/mol. The highest BCUT2D eigenvalue weighted by Crippen LogP contribution is 2.48. The molecule has 0 spiro atoms. The van der Waals surface area contributed by atoms with Gasteiger partial charge in [0.25, 0.3) is 0 Å². The van der Waals surface area contributed by atoms with Crippen molar-refractivity contribution in [3.05, 3.63) is 57.7 Å². The Morgan fingerprint density at radius 1 is 1.30 bits per heavy atom. The van der Waals surface area contributed by atoms with Gasteiger partial charge >= 0.3 is 5.76 Å². The fourth-order valence-corrected chi connectivity index (χ4v) is 6.38. The molecule has 2 aliphatic carbocycles. The Bertz CT molecular complexity index is 1260. The van der Waals surface area contributed by atoms with Gasteiger partial charge in [0.2, 0.25) is 0 Å². The minimum Gasteiger partial charge on any atom is -0.408 e. The van der Waals surface area contributed by atoms with E-state index in [4.69, 9.17) is 9.15 Å². The molecule has 3 heterocycles. The first-order valence-corrected chi connectivity index (χ1v) is 13.4. The first-order valence-electron chi connectivity index (χ1n) is 13.4. The average molecular weight is 515 g/mol. The van der Waals surface area contributed by atoms with Crippen LogP contribution in [0.3, 0.4) is 0 Å². The highest BCUT2D eigenvalue weighted by atomic mass is 19.1. The fourth-order valence-electron chi connectivity index (χ4n) is 6.38. The van der Waals surface area contributed by atoms with Crippen LogP contribution >= 0.6 is 0 Å². The van der Waals surface area contributed by atoms with E-state index in [1.54, 1.807) is 7.11 Å². The number of nitrogens with one attached hydrogen (secondary N) is 2. The van der Waals surface area contributed by atoms with E-state index in [0.717, 1.165) is 36.5 Å². The van der Waals surface area contributed by atoms with E-state index in [1.807, 2.05) is 6.07 Å². The summed E-state index contributed by atoms with van der Waals surface area (Å²) in [7, 11) is 1.72. The van der Waals surface area contributed by atoms with Gasteiger partial charge in [-0.05, 0) is 56.4 Å². The Balaban J connectivity index is 1.28. The highest BCUT2D eigenvalue weighted by Gasteiger charge is 2.50. The van der Waals surface area contributed by atoms with E-state index in [2.05, 4.69) is 51.3 Å². The number of oxazole rings is 1. The van der Waals surface area contributed by atoms with Gasteiger partial charge < -0.3 is 14.5 Å². The summed E-state index contributed by atoms with van der Waals surface area (Å²) >= 11 is 0. The predicted octanol–water partition coefficient (Wildman–Crippen LogP) is 3.63. The van der Waals surface area contributed by atoms with Crippen molar-refractivity contribution in [2.24, 2.45) is 5.92 Å². The molecule has 0 radical (unpaired) electrons. The van der Waals surface area contributed by atoms with E-state index < -0.39 is 11.4 Å². The lowest BCUT2D eigenvalue weighted by molar-refractivity contribution is 0.0122. The van der Waals surface area contributed by atoms with Gasteiger partial charge in [-0.2, -0.15) is 0 Å². The smallest absolute Gasteiger partial charge is 0.408 e. The number of hydrogen-bond acceptors (Lipinski definition) is 6. The number of aromatic amines is 1. The quantitative estimate of drug-likeness (QED) is 0.533. The lowest BCUT2D eigenvalue weighted by Gasteiger charge is -2.47. The van der Waals surface area contributed by atoms with Crippen molar-refractivity contribution in [1.29, 1.82) is 0 Å². The number of hydrogen-bond donors (Lipinski definition) is 2. The maximum atomic E-state index is 15.2. The summed E-state index contributed by atoms with van der Waals surface area (Å²) in [6.45, 7) is 4.86. The minimum atomic E-state index is -1.13. The van der Waals surface area contributed by atoms with Gasteiger partial charge in [0.05, 0.1) is 24.3 Å². The summed E-state index contributed by atoms with van der Waals surface area (Å²) in [6.07, 6.45) is 8.70. The van der Waals surface area contributed by atoms with Crippen molar-refractivity contribution in [2.75, 3.05) is 40.0 Å². The van der Waals surface area contributed by atoms with Gasteiger partial charge in [0, 0.05) is 62.6 Å². The van der Waals surface area contributed by atoms with Crippen LogP contribution in [0.25, 0.3) is 11.1 Å². The molecule has 2 fully saturated rings. The molecule has 1 aromatic carbocycles. The van der Waals surface area contributed by atoms with Gasteiger partial charge in [-0.25, -0.2) is 9.18 Å². The third-order valence-corrected chi connectivity index (χ3v) is 8.52. The van der Waals surface area contributed by atoms with Gasteiger partial charge in [0.1, 0.15) is 5.67 Å². The van der Waals surface area contributed by atoms with Crippen LogP contribution < -0.4 is 11.1 Å². The molecule has 9 heteroatoms. The van der Waals surface area contributed by atoms with Crippen molar-refractivity contribution in [3.8, 4) is 0 Å². The van der Waals surface area contributed by atoms with Crippen LogP contribution in [0.4, 0.5) is 8.78 Å². The number of likely N-dealkylation sites (tertiary alicyclic amines) is 1. The standard InChI is InChI=1S/C28H36F2N4O3/c1-17-12-22-20(6-7-23-26(22)37-27(35)32-23)25(34(17)16-28(30)8-9-28)21-5-4-18(13-24(21)36-2)31-19-14-33(15-19)11-3-10-29/h4-7,13,17,19,21,24-25,31H,3,8-12,14-16H2,1-2H3,(H,32,35)/t17-,21?,24?,25+/m1/s1. The second kappa shape index (κ2) is 9.67. The summed E-state index contributed by atoms with van der Waals surface area (Å²) < 4.78 is 39.2. The Hall–Kier alpha value is -2.49. The van der Waals surface area contributed by atoms with Crippen LogP contribution in [-0.2, 0) is 11.2 Å². The van der Waals surface area contributed by atoms with Crippen LogP contribution in [-0.4, -0.2) is 78.6 Å². The fraction of sp³-hybridized carbons (Fsp3) is 0.607. The SMILES string of the molecule is COC1C=C(NC2CN(CCCF)C2)C=CC1[C@@H]1c2ccc3[nH]c(=O)oc3c2C[C@@H](C)N1CC1(F)CC1. The monoisotopic (exact) mass is 514 g/mol. The maximum Gasteiger partial charge on any atom is 0.417 e. The van der Waals surface area contributed by atoms with Crippen molar-refractivity contribution < 1.29 is 17.9 Å². The zero-order chi connectivity index (χ0) is 25.7. The second-order valence-electron chi connectivity index (χ2n) is 11.2. The van der Waals surface area contributed by atoms with Crippen LogP contribution in [0, 0.1) is 5.92 Å². The molecule has 2 N–H and O–H groups in total. The molecule has 6 rings (SSSR count). The van der Waals surface area contributed by atoms with Gasteiger partial charge in [-0.3, -0.25) is 19.2 Å². The normalized spacial score (nSPS) is 29.7. The largest absolute Gasteiger partial charge is 0.417 e. The van der Waals surface area contributed by atoms with Crippen molar-refractivity contribution in [2.45, 2.75) is 62.5 Å². The Labute approximate surface area is 215 Å². The Morgan fingerprint density at radius 2 is 2.11 bits per heavy atom. The van der Waals surface area contributed by atoms with E-state index in [1.165, 1.54) is 0 Å². The number of fused-ring (bicyclic) bond motifs is 3. The zero-order valence-electron chi connectivity index (χ0n) is 21.5. The van der Waals surface area contributed by atoms with Crippen molar-refractivity contribution in [1.82, 2.24) is 20.1 Å². The van der Waals surface area contributed by atoms with E-state index in [9.17, 15) is 9.18 Å². The molecule has 4 aliphatic rings. The molecule has 1 aromatic heterocycles. The first kappa shape index (κ1) is 24.8. The summed E-state index contributed by atoms with van der Waals surface area (Å²) in [5.41, 5.74) is 3.28. The number of ether oxygens (including phenoxy) is 1. The van der Waals surface area contributed by atoms with Gasteiger partial charge in [-0.15, -0.1) is 0 Å². The Morgan fingerprint density at radius 3 is 2.84 bits per heavy atom. The molecule has 2 aromatic rings. The molecule has 7 nitrogen and oxygen atoms in total. The maximum absolute atomic E-state index is 15.2. The number of methoxy groups -OCH3 is 1. The summed E-state index contributed by atoms with van der Waals surface area (Å²) in [6, 6.07) is 4.25. The molecular formula is C28H36F2N4O3. The first-order chi connectivity index (χ1) is 17.9.